The van der Waals surface area contributed by atoms with Crippen molar-refractivity contribution in [3.63, 3.8) is 0 Å². The summed E-state index contributed by atoms with van der Waals surface area (Å²) in [5, 5.41) is 8.62. The fourth-order valence-corrected chi connectivity index (χ4v) is 4.64. The van der Waals surface area contributed by atoms with Gasteiger partial charge in [0.2, 0.25) is 17.5 Å². The molecule has 0 spiro atoms. The number of Topliss-reactive ketones (excluding diaryl/α,β-unsaturated/α-hetero) is 2. The van der Waals surface area contributed by atoms with Gasteiger partial charge in [-0.25, -0.2) is 0 Å². The molecule has 3 heterocycles. The van der Waals surface area contributed by atoms with Gasteiger partial charge in [-0.2, -0.15) is 5.26 Å². The third-order valence-corrected chi connectivity index (χ3v) is 6.01. The quantitative estimate of drug-likeness (QED) is 0.427. The third-order valence-electron chi connectivity index (χ3n) is 6.01. The van der Waals surface area contributed by atoms with Crippen molar-refractivity contribution in [2.45, 2.75) is 50.4 Å². The Kier molecular flexibility index (Phi) is 3.50. The lowest BCUT2D eigenvalue weighted by molar-refractivity contribution is -0.138. The number of nitrogens with two attached hydrogens (primary N) is 1. The Labute approximate surface area is 150 Å². The predicted molar refractivity (Wildman–Crippen MR) is 88.9 cm³/mol. The van der Waals surface area contributed by atoms with Gasteiger partial charge in [0, 0.05) is 44.1 Å². The highest BCUT2D eigenvalue weighted by Crippen LogP contribution is 2.57. The smallest absolute Gasteiger partial charge is 0.223 e. The second kappa shape index (κ2) is 5.42. The number of ether oxygens (including phenoxy) is 1. The summed E-state index contributed by atoms with van der Waals surface area (Å²) in [5.41, 5.74) is 5.98. The Balaban J connectivity index is 1.59. The lowest BCUT2D eigenvalue weighted by atomic mass is 9.90. The molecule has 3 unspecified atom stereocenters. The standard InChI is InChI=1S/C18H20N4O4/c1-9-13(20)16(25)10-7-18(26-2)17-11(8-21(18)14(10)15(9)24)22(17)12(23)5-3-4-6-19/h11,17H,3-5,7-8,20H2,1-2H3. The number of allylic oxidation sites excluding steroid dienone is 2. The molecule has 8 heteroatoms. The molecule has 1 amide bonds. The SMILES string of the molecule is COC12CC3=C(C(=O)C(C)=C(N)C3=O)N1CC1C2N1C(=O)CCCC#N. The number of ketones is 2. The maximum Gasteiger partial charge on any atom is 0.223 e. The molecule has 3 atom stereocenters. The van der Waals surface area contributed by atoms with Crippen LogP contribution >= 0.6 is 0 Å². The Bertz CT molecular complexity index is 852. The summed E-state index contributed by atoms with van der Waals surface area (Å²) in [5.74, 6) is -0.557. The van der Waals surface area contributed by atoms with Crippen LogP contribution < -0.4 is 5.73 Å². The van der Waals surface area contributed by atoms with Crippen molar-refractivity contribution >= 4 is 17.5 Å². The van der Waals surface area contributed by atoms with E-state index in [-0.39, 0.29) is 47.2 Å². The van der Waals surface area contributed by atoms with Gasteiger partial charge < -0.3 is 20.3 Å². The number of amides is 1. The number of rotatable bonds is 4. The van der Waals surface area contributed by atoms with E-state index in [0.717, 1.165) is 0 Å². The molecule has 0 bridgehead atoms. The molecule has 1 aliphatic carbocycles. The van der Waals surface area contributed by atoms with Gasteiger partial charge in [-0.1, -0.05) is 0 Å². The molecule has 2 fully saturated rings. The summed E-state index contributed by atoms with van der Waals surface area (Å²) in [4.78, 5) is 41.4. The highest BCUT2D eigenvalue weighted by Gasteiger charge is 2.73. The normalized spacial score (nSPS) is 31.9. The van der Waals surface area contributed by atoms with E-state index in [1.54, 1.807) is 18.9 Å². The fourth-order valence-electron chi connectivity index (χ4n) is 4.64. The molecule has 0 saturated carbocycles. The zero-order valence-electron chi connectivity index (χ0n) is 14.7. The number of piperazine rings is 1. The van der Waals surface area contributed by atoms with Gasteiger partial charge in [-0.3, -0.25) is 14.4 Å². The van der Waals surface area contributed by atoms with Crippen LogP contribution in [0.5, 0.6) is 0 Å². The average Bonchev–Trinajstić information content (AvgIpc) is 3.12. The second-order valence-electron chi connectivity index (χ2n) is 7.19. The number of unbranched alkanes of at least 4 members (excludes halogenated alkanes) is 1. The van der Waals surface area contributed by atoms with Crippen LogP contribution in [0.2, 0.25) is 0 Å². The number of nitriles is 1. The largest absolute Gasteiger partial charge is 0.395 e. The maximum absolute atomic E-state index is 12.7. The third kappa shape index (κ3) is 1.89. The summed E-state index contributed by atoms with van der Waals surface area (Å²) < 4.78 is 5.82. The molecule has 136 valence electrons. The van der Waals surface area contributed by atoms with Crippen molar-refractivity contribution in [3.05, 3.63) is 22.5 Å². The fraction of sp³-hybridized carbons (Fsp3) is 0.556. The van der Waals surface area contributed by atoms with Gasteiger partial charge in [0.25, 0.3) is 0 Å². The van der Waals surface area contributed by atoms with Crippen LogP contribution in [0, 0.1) is 11.3 Å². The van der Waals surface area contributed by atoms with Crippen LogP contribution in [0.15, 0.2) is 22.5 Å². The number of carbonyl (C=O) groups excluding carboxylic acids is 3. The second-order valence-corrected chi connectivity index (χ2v) is 7.19. The molecule has 0 aromatic carbocycles. The highest BCUT2D eigenvalue weighted by molar-refractivity contribution is 6.25. The number of fused-ring (bicyclic) bond motifs is 4. The molecular weight excluding hydrogens is 336 g/mol. The Morgan fingerprint density at radius 3 is 2.81 bits per heavy atom. The van der Waals surface area contributed by atoms with E-state index in [9.17, 15) is 14.4 Å². The minimum atomic E-state index is -0.879. The monoisotopic (exact) mass is 356 g/mol. The number of methoxy groups -OCH3 is 1. The van der Waals surface area contributed by atoms with Gasteiger partial charge in [-0.05, 0) is 13.3 Å². The first-order chi connectivity index (χ1) is 12.4. The molecule has 26 heavy (non-hydrogen) atoms. The van der Waals surface area contributed by atoms with Crippen molar-refractivity contribution in [1.82, 2.24) is 9.80 Å². The van der Waals surface area contributed by atoms with E-state index >= 15 is 0 Å². The Morgan fingerprint density at radius 1 is 1.42 bits per heavy atom. The summed E-state index contributed by atoms with van der Waals surface area (Å²) >= 11 is 0. The Hall–Kier alpha value is -2.66. The van der Waals surface area contributed by atoms with Gasteiger partial charge in [-0.15, -0.1) is 0 Å². The van der Waals surface area contributed by atoms with Crippen LogP contribution in [0.1, 0.15) is 32.6 Å². The van der Waals surface area contributed by atoms with Gasteiger partial charge in [0.05, 0.1) is 23.5 Å². The molecule has 2 saturated heterocycles. The summed E-state index contributed by atoms with van der Waals surface area (Å²) in [7, 11) is 1.54. The average molecular weight is 356 g/mol. The van der Waals surface area contributed by atoms with E-state index in [0.29, 0.717) is 37.1 Å². The van der Waals surface area contributed by atoms with Crippen molar-refractivity contribution in [2.24, 2.45) is 5.73 Å². The summed E-state index contributed by atoms with van der Waals surface area (Å²) in [6.07, 6.45) is 1.44. The molecule has 0 aromatic rings. The minimum Gasteiger partial charge on any atom is -0.395 e. The molecule has 8 nitrogen and oxygen atoms in total. The van der Waals surface area contributed by atoms with Crippen molar-refractivity contribution in [1.29, 1.82) is 5.26 Å². The van der Waals surface area contributed by atoms with Gasteiger partial charge >= 0.3 is 0 Å². The molecule has 0 aromatic heterocycles. The van der Waals surface area contributed by atoms with E-state index in [1.165, 1.54) is 0 Å². The maximum atomic E-state index is 12.7. The zero-order chi connectivity index (χ0) is 18.8. The molecular formula is C18H20N4O4. The zero-order valence-corrected chi connectivity index (χ0v) is 14.7. The molecule has 4 aliphatic rings. The molecule has 3 aliphatic heterocycles. The van der Waals surface area contributed by atoms with Gasteiger partial charge in [0.15, 0.2) is 5.72 Å². The number of nitrogens with zero attached hydrogens (tertiary/aromatic N) is 3. The van der Waals surface area contributed by atoms with Crippen LogP contribution in [0.25, 0.3) is 0 Å². The van der Waals surface area contributed by atoms with Crippen LogP contribution in [-0.2, 0) is 19.1 Å². The van der Waals surface area contributed by atoms with Crippen molar-refractivity contribution in [3.8, 4) is 6.07 Å². The van der Waals surface area contributed by atoms with Crippen LogP contribution in [0.3, 0.4) is 0 Å². The molecule has 4 rings (SSSR count). The van der Waals surface area contributed by atoms with Gasteiger partial charge in [0.1, 0.15) is 6.04 Å². The first kappa shape index (κ1) is 16.8. The van der Waals surface area contributed by atoms with Crippen LogP contribution in [0.4, 0.5) is 0 Å². The Morgan fingerprint density at radius 2 is 2.15 bits per heavy atom. The van der Waals surface area contributed by atoms with E-state index < -0.39 is 5.72 Å². The first-order valence-corrected chi connectivity index (χ1v) is 8.68. The number of carbonyl (C=O) groups is 3. The first-order valence-electron chi connectivity index (χ1n) is 8.68. The predicted octanol–water partition coefficient (Wildman–Crippen LogP) is -0.0397. The van der Waals surface area contributed by atoms with E-state index in [2.05, 4.69) is 0 Å². The highest BCUT2D eigenvalue weighted by atomic mass is 16.5. The van der Waals surface area contributed by atoms with Crippen molar-refractivity contribution in [2.75, 3.05) is 13.7 Å². The summed E-state index contributed by atoms with van der Waals surface area (Å²) in [6.45, 7) is 2.03. The topological polar surface area (TPSA) is 116 Å². The molecule has 0 radical (unpaired) electrons. The lowest BCUT2D eigenvalue weighted by Gasteiger charge is -2.37. The number of hydrogen-bond acceptors (Lipinski definition) is 7. The lowest BCUT2D eigenvalue weighted by Crippen LogP contribution is -2.50. The number of hydrogen-bond donors (Lipinski definition) is 1. The van der Waals surface area contributed by atoms with E-state index in [1.807, 2.05) is 11.0 Å². The minimum absolute atomic E-state index is 0.00189. The molecule has 2 N–H and O–H groups in total. The van der Waals surface area contributed by atoms with Crippen molar-refractivity contribution < 1.29 is 19.1 Å². The van der Waals surface area contributed by atoms with E-state index in [4.69, 9.17) is 15.7 Å². The summed E-state index contributed by atoms with van der Waals surface area (Å²) in [6, 6.07) is 1.83. The van der Waals surface area contributed by atoms with Crippen LogP contribution in [-0.4, -0.2) is 58.7 Å².